The molecule has 19 heavy (non-hydrogen) atoms. The minimum absolute atomic E-state index is 0.491. The van der Waals surface area contributed by atoms with Crippen LogP contribution in [0.4, 0.5) is 0 Å². The van der Waals surface area contributed by atoms with Crippen LogP contribution >= 0.6 is 0 Å². The average molecular weight is 255 g/mol. The molecular weight excluding hydrogens is 234 g/mol. The van der Waals surface area contributed by atoms with Crippen molar-refractivity contribution in [3.63, 3.8) is 0 Å². The third-order valence-corrected chi connectivity index (χ3v) is 3.20. The first-order chi connectivity index (χ1) is 9.24. The molecule has 2 N–H and O–H groups in total. The van der Waals surface area contributed by atoms with E-state index in [4.69, 9.17) is 10.5 Å². The minimum atomic E-state index is 0.491. The minimum Gasteiger partial charge on any atom is -0.457 e. The molecule has 2 rings (SSSR count). The lowest BCUT2D eigenvalue weighted by Gasteiger charge is -2.13. The fourth-order valence-electron chi connectivity index (χ4n) is 2.15. The van der Waals surface area contributed by atoms with Gasteiger partial charge in [-0.25, -0.2) is 0 Å². The van der Waals surface area contributed by atoms with Crippen molar-refractivity contribution in [1.82, 2.24) is 0 Å². The molecule has 0 aliphatic rings. The maximum atomic E-state index is 5.98. The monoisotopic (exact) mass is 255 g/mol. The molecule has 0 saturated heterocycles. The van der Waals surface area contributed by atoms with E-state index in [2.05, 4.69) is 19.1 Å². The third kappa shape index (κ3) is 3.36. The number of para-hydroxylation sites is 1. The van der Waals surface area contributed by atoms with E-state index >= 15 is 0 Å². The van der Waals surface area contributed by atoms with Crippen LogP contribution in [-0.2, 0) is 13.0 Å². The molecule has 2 nitrogen and oxygen atoms in total. The quantitative estimate of drug-likeness (QED) is 0.869. The van der Waals surface area contributed by atoms with Crippen LogP contribution in [0.1, 0.15) is 30.0 Å². The molecule has 0 fully saturated rings. The molecule has 0 atom stereocenters. The van der Waals surface area contributed by atoms with E-state index in [0.717, 1.165) is 35.5 Å². The van der Waals surface area contributed by atoms with Crippen LogP contribution in [0.2, 0.25) is 0 Å². The first kappa shape index (κ1) is 13.6. The van der Waals surface area contributed by atoms with E-state index in [1.807, 2.05) is 37.3 Å². The number of benzene rings is 2. The maximum absolute atomic E-state index is 5.98. The standard InChI is InChI=1S/C17H21NO/c1-3-5-14-8-10-16(11-9-14)19-17-13(2)6-4-7-15(17)12-18/h4,6-11H,3,5,12,18H2,1-2H3. The fraction of sp³-hybridized carbons (Fsp3) is 0.294. The summed E-state index contributed by atoms with van der Waals surface area (Å²) in [5, 5.41) is 0. The smallest absolute Gasteiger partial charge is 0.134 e. The highest BCUT2D eigenvalue weighted by Crippen LogP contribution is 2.29. The Morgan fingerprint density at radius 2 is 1.79 bits per heavy atom. The molecule has 2 aromatic carbocycles. The van der Waals surface area contributed by atoms with Gasteiger partial charge in [-0.3, -0.25) is 0 Å². The van der Waals surface area contributed by atoms with E-state index in [9.17, 15) is 0 Å². The molecule has 0 amide bonds. The Bertz CT molecular complexity index is 531. The largest absolute Gasteiger partial charge is 0.457 e. The second kappa shape index (κ2) is 6.39. The summed E-state index contributed by atoms with van der Waals surface area (Å²) in [5.41, 5.74) is 9.25. The van der Waals surface area contributed by atoms with E-state index < -0.39 is 0 Å². The van der Waals surface area contributed by atoms with Crippen molar-refractivity contribution >= 4 is 0 Å². The van der Waals surface area contributed by atoms with E-state index in [-0.39, 0.29) is 0 Å². The molecule has 0 spiro atoms. The molecule has 0 heterocycles. The summed E-state index contributed by atoms with van der Waals surface area (Å²) in [7, 11) is 0. The zero-order valence-corrected chi connectivity index (χ0v) is 11.6. The zero-order chi connectivity index (χ0) is 13.7. The van der Waals surface area contributed by atoms with Gasteiger partial charge in [-0.05, 0) is 36.6 Å². The van der Waals surface area contributed by atoms with Gasteiger partial charge < -0.3 is 10.5 Å². The highest BCUT2D eigenvalue weighted by molar-refractivity contribution is 5.44. The SMILES string of the molecule is CCCc1ccc(Oc2c(C)cccc2CN)cc1. The fourth-order valence-corrected chi connectivity index (χ4v) is 2.15. The Balaban J connectivity index is 2.21. The van der Waals surface area contributed by atoms with Crippen LogP contribution in [0.15, 0.2) is 42.5 Å². The first-order valence-corrected chi connectivity index (χ1v) is 6.80. The Hall–Kier alpha value is -1.80. The Labute approximate surface area is 115 Å². The zero-order valence-electron chi connectivity index (χ0n) is 11.6. The van der Waals surface area contributed by atoms with Gasteiger partial charge in [0.1, 0.15) is 11.5 Å². The highest BCUT2D eigenvalue weighted by Gasteiger charge is 2.06. The van der Waals surface area contributed by atoms with Gasteiger partial charge in [-0.2, -0.15) is 0 Å². The number of hydrogen-bond donors (Lipinski definition) is 1. The van der Waals surface area contributed by atoms with Gasteiger partial charge in [0.15, 0.2) is 0 Å². The summed E-state index contributed by atoms with van der Waals surface area (Å²) in [4.78, 5) is 0. The van der Waals surface area contributed by atoms with Crippen molar-refractivity contribution in [2.45, 2.75) is 33.2 Å². The van der Waals surface area contributed by atoms with Gasteiger partial charge in [0.05, 0.1) is 0 Å². The van der Waals surface area contributed by atoms with Crippen molar-refractivity contribution in [2.24, 2.45) is 5.73 Å². The highest BCUT2D eigenvalue weighted by atomic mass is 16.5. The molecule has 2 aromatic rings. The Morgan fingerprint density at radius 3 is 2.42 bits per heavy atom. The lowest BCUT2D eigenvalue weighted by atomic mass is 10.1. The summed E-state index contributed by atoms with van der Waals surface area (Å²) in [5.74, 6) is 1.75. The van der Waals surface area contributed by atoms with Gasteiger partial charge >= 0.3 is 0 Å². The molecule has 100 valence electrons. The van der Waals surface area contributed by atoms with Crippen LogP contribution in [0.25, 0.3) is 0 Å². The molecule has 2 heteroatoms. The van der Waals surface area contributed by atoms with Crippen molar-refractivity contribution in [3.05, 3.63) is 59.2 Å². The van der Waals surface area contributed by atoms with Crippen LogP contribution in [-0.4, -0.2) is 0 Å². The van der Waals surface area contributed by atoms with Crippen molar-refractivity contribution in [2.75, 3.05) is 0 Å². The molecular formula is C17H21NO. The van der Waals surface area contributed by atoms with Gasteiger partial charge in [0.2, 0.25) is 0 Å². The second-order valence-electron chi connectivity index (χ2n) is 4.76. The van der Waals surface area contributed by atoms with Crippen LogP contribution < -0.4 is 10.5 Å². The Morgan fingerprint density at radius 1 is 1.05 bits per heavy atom. The number of hydrogen-bond acceptors (Lipinski definition) is 2. The molecule has 0 aromatic heterocycles. The van der Waals surface area contributed by atoms with Gasteiger partial charge in [0, 0.05) is 12.1 Å². The van der Waals surface area contributed by atoms with E-state index in [0.29, 0.717) is 6.54 Å². The van der Waals surface area contributed by atoms with Crippen molar-refractivity contribution in [1.29, 1.82) is 0 Å². The molecule has 0 saturated carbocycles. The predicted molar refractivity (Wildman–Crippen MR) is 79.6 cm³/mol. The van der Waals surface area contributed by atoms with E-state index in [1.165, 1.54) is 5.56 Å². The maximum Gasteiger partial charge on any atom is 0.134 e. The second-order valence-corrected chi connectivity index (χ2v) is 4.76. The van der Waals surface area contributed by atoms with Crippen molar-refractivity contribution < 1.29 is 4.74 Å². The number of rotatable bonds is 5. The molecule has 0 radical (unpaired) electrons. The van der Waals surface area contributed by atoms with Crippen LogP contribution in [0.3, 0.4) is 0 Å². The number of ether oxygens (including phenoxy) is 1. The van der Waals surface area contributed by atoms with Crippen LogP contribution in [0, 0.1) is 6.92 Å². The lowest BCUT2D eigenvalue weighted by Crippen LogP contribution is -2.00. The summed E-state index contributed by atoms with van der Waals surface area (Å²) in [6.45, 7) is 4.72. The molecule has 0 unspecified atom stereocenters. The van der Waals surface area contributed by atoms with Gasteiger partial charge in [-0.1, -0.05) is 43.7 Å². The topological polar surface area (TPSA) is 35.2 Å². The first-order valence-electron chi connectivity index (χ1n) is 6.80. The summed E-state index contributed by atoms with van der Waals surface area (Å²) >= 11 is 0. The summed E-state index contributed by atoms with van der Waals surface area (Å²) in [6, 6.07) is 14.4. The normalized spacial score (nSPS) is 10.5. The van der Waals surface area contributed by atoms with Crippen LogP contribution in [0.5, 0.6) is 11.5 Å². The van der Waals surface area contributed by atoms with Gasteiger partial charge in [-0.15, -0.1) is 0 Å². The summed E-state index contributed by atoms with van der Waals surface area (Å²) in [6.07, 6.45) is 2.27. The molecule has 0 aliphatic heterocycles. The lowest BCUT2D eigenvalue weighted by molar-refractivity contribution is 0.472. The Kier molecular flexibility index (Phi) is 4.58. The van der Waals surface area contributed by atoms with E-state index in [1.54, 1.807) is 0 Å². The van der Waals surface area contributed by atoms with Gasteiger partial charge in [0.25, 0.3) is 0 Å². The molecule has 0 bridgehead atoms. The average Bonchev–Trinajstić information content (AvgIpc) is 2.43. The van der Waals surface area contributed by atoms with Crippen molar-refractivity contribution in [3.8, 4) is 11.5 Å². The third-order valence-electron chi connectivity index (χ3n) is 3.20. The number of aryl methyl sites for hydroxylation is 2. The number of nitrogens with two attached hydrogens (primary N) is 1. The molecule has 0 aliphatic carbocycles. The summed E-state index contributed by atoms with van der Waals surface area (Å²) < 4.78 is 5.98. The predicted octanol–water partition coefficient (Wildman–Crippen LogP) is 4.20.